The van der Waals surface area contributed by atoms with Crippen molar-refractivity contribution in [1.29, 1.82) is 0 Å². The van der Waals surface area contributed by atoms with E-state index < -0.39 is 23.9 Å². The van der Waals surface area contributed by atoms with Crippen molar-refractivity contribution in [2.24, 2.45) is 5.73 Å². The third-order valence-corrected chi connectivity index (χ3v) is 4.27. The van der Waals surface area contributed by atoms with Crippen LogP contribution in [0.15, 0.2) is 40.9 Å². The molecule has 22 heavy (non-hydrogen) atoms. The first-order valence-electron chi connectivity index (χ1n) is 6.78. The second-order valence-corrected chi connectivity index (χ2v) is 6.18. The van der Waals surface area contributed by atoms with Crippen molar-refractivity contribution >= 4 is 27.5 Å². The molecule has 0 aromatic heterocycles. The summed E-state index contributed by atoms with van der Waals surface area (Å²) in [6.07, 6.45) is -0.142. The first-order valence-corrected chi connectivity index (χ1v) is 7.58. The first kappa shape index (κ1) is 15.0. The Balaban J connectivity index is 2.02. The average molecular weight is 365 g/mol. The molecule has 1 amide bonds. The summed E-state index contributed by atoms with van der Waals surface area (Å²) in [7, 11) is 0. The molecule has 4 N–H and O–H groups in total. The van der Waals surface area contributed by atoms with Crippen molar-refractivity contribution in [1.82, 2.24) is 0 Å². The van der Waals surface area contributed by atoms with E-state index in [2.05, 4.69) is 21.2 Å². The highest BCUT2D eigenvalue weighted by atomic mass is 79.9. The van der Waals surface area contributed by atoms with Crippen molar-refractivity contribution in [2.45, 2.75) is 18.6 Å². The van der Waals surface area contributed by atoms with Gasteiger partial charge in [0.1, 0.15) is 5.82 Å². The summed E-state index contributed by atoms with van der Waals surface area (Å²) in [6.45, 7) is 0. The van der Waals surface area contributed by atoms with Gasteiger partial charge < -0.3 is 16.2 Å². The van der Waals surface area contributed by atoms with Crippen LogP contribution in [-0.2, 0) is 6.42 Å². The Morgan fingerprint density at radius 1 is 1.36 bits per heavy atom. The topological polar surface area (TPSA) is 75.4 Å². The Morgan fingerprint density at radius 3 is 2.82 bits per heavy atom. The molecule has 6 heteroatoms. The number of aliphatic hydroxyl groups is 1. The quantitative estimate of drug-likeness (QED) is 0.783. The van der Waals surface area contributed by atoms with Gasteiger partial charge in [0.05, 0.1) is 23.4 Å². The highest BCUT2D eigenvalue weighted by molar-refractivity contribution is 9.10. The second-order valence-electron chi connectivity index (χ2n) is 5.27. The normalized spacial score (nSPS) is 19.8. The molecule has 0 saturated heterocycles. The first-order chi connectivity index (χ1) is 10.5. The number of rotatable bonds is 3. The Kier molecular flexibility index (Phi) is 3.88. The maximum atomic E-state index is 14.0. The summed E-state index contributed by atoms with van der Waals surface area (Å²) in [5.74, 6) is -1.56. The van der Waals surface area contributed by atoms with E-state index in [0.29, 0.717) is 10.9 Å². The van der Waals surface area contributed by atoms with E-state index in [4.69, 9.17) is 5.73 Å². The molecule has 114 valence electrons. The van der Waals surface area contributed by atoms with Crippen molar-refractivity contribution in [3.05, 3.63) is 63.4 Å². The minimum atomic E-state index is -0.853. The number of hydrogen-bond donors (Lipinski definition) is 3. The van der Waals surface area contributed by atoms with Gasteiger partial charge in [-0.3, -0.25) is 4.79 Å². The number of nitrogens with two attached hydrogens (primary N) is 1. The van der Waals surface area contributed by atoms with Crippen molar-refractivity contribution in [3.63, 3.8) is 0 Å². The molecule has 0 saturated carbocycles. The molecule has 0 spiro atoms. The van der Waals surface area contributed by atoms with E-state index in [1.54, 1.807) is 6.07 Å². The molecule has 3 rings (SSSR count). The summed E-state index contributed by atoms with van der Waals surface area (Å²) in [6, 6.07) is 9.98. The molecule has 0 unspecified atom stereocenters. The number of carbonyl (C=O) groups is 1. The van der Waals surface area contributed by atoms with Gasteiger partial charge in [-0.25, -0.2) is 4.39 Å². The SMILES string of the molecule is NC(=O)c1c(F)cc(Br)cc1N[C@H]1c2ccccc2C[C@H]1O. The van der Waals surface area contributed by atoms with Gasteiger partial charge in [-0.2, -0.15) is 0 Å². The van der Waals surface area contributed by atoms with Gasteiger partial charge in [-0.05, 0) is 23.3 Å². The predicted molar refractivity (Wildman–Crippen MR) is 85.1 cm³/mol. The Bertz CT molecular complexity index is 751. The number of anilines is 1. The molecule has 0 radical (unpaired) electrons. The molecule has 2 aromatic rings. The number of benzene rings is 2. The van der Waals surface area contributed by atoms with E-state index in [0.717, 1.165) is 11.1 Å². The number of primary amides is 1. The van der Waals surface area contributed by atoms with Crippen molar-refractivity contribution in [2.75, 3.05) is 5.32 Å². The third kappa shape index (κ3) is 2.60. The molecule has 2 atom stereocenters. The van der Waals surface area contributed by atoms with E-state index in [1.165, 1.54) is 6.07 Å². The Labute approximate surface area is 135 Å². The standard InChI is InChI=1S/C16H14BrFN2O2/c17-9-6-11(18)14(16(19)22)12(7-9)20-15-10-4-2-1-3-8(10)5-13(15)21/h1-4,6-7,13,15,20-21H,5H2,(H2,19,22)/t13-,15+/m1/s1. The maximum Gasteiger partial charge on any atom is 0.253 e. The van der Waals surface area contributed by atoms with Crippen LogP contribution in [-0.4, -0.2) is 17.1 Å². The lowest BCUT2D eigenvalue weighted by Crippen LogP contribution is -2.24. The zero-order valence-electron chi connectivity index (χ0n) is 11.5. The van der Waals surface area contributed by atoms with Gasteiger partial charge in [0, 0.05) is 10.9 Å². The molecule has 1 aliphatic carbocycles. The van der Waals surface area contributed by atoms with E-state index >= 15 is 0 Å². The van der Waals surface area contributed by atoms with Crippen LogP contribution < -0.4 is 11.1 Å². The molecule has 0 fully saturated rings. The average Bonchev–Trinajstić information content (AvgIpc) is 2.74. The Morgan fingerprint density at radius 2 is 2.09 bits per heavy atom. The number of halogens is 2. The smallest absolute Gasteiger partial charge is 0.253 e. The van der Waals surface area contributed by atoms with Gasteiger partial charge >= 0.3 is 0 Å². The molecule has 1 aliphatic rings. The van der Waals surface area contributed by atoms with E-state index in [9.17, 15) is 14.3 Å². The van der Waals surface area contributed by atoms with Crippen LogP contribution in [0.25, 0.3) is 0 Å². The lowest BCUT2D eigenvalue weighted by molar-refractivity contribution is 0.0996. The van der Waals surface area contributed by atoms with Crippen molar-refractivity contribution in [3.8, 4) is 0 Å². The largest absolute Gasteiger partial charge is 0.390 e. The summed E-state index contributed by atoms with van der Waals surface area (Å²) in [5, 5.41) is 13.3. The van der Waals surface area contributed by atoms with Crippen LogP contribution in [0.5, 0.6) is 0 Å². The molecular formula is C16H14BrFN2O2. The minimum Gasteiger partial charge on any atom is -0.390 e. The van der Waals surface area contributed by atoms with Crippen LogP contribution in [0.3, 0.4) is 0 Å². The number of amides is 1. The number of nitrogens with one attached hydrogen (secondary N) is 1. The lowest BCUT2D eigenvalue weighted by Gasteiger charge is -2.21. The van der Waals surface area contributed by atoms with Gasteiger partial charge in [-0.15, -0.1) is 0 Å². The number of aliphatic hydroxyl groups excluding tert-OH is 1. The highest BCUT2D eigenvalue weighted by Crippen LogP contribution is 2.36. The van der Waals surface area contributed by atoms with E-state index in [-0.39, 0.29) is 11.3 Å². The molecule has 0 bridgehead atoms. The molecule has 0 aliphatic heterocycles. The zero-order valence-corrected chi connectivity index (χ0v) is 13.1. The van der Waals surface area contributed by atoms with Gasteiger partial charge in [-0.1, -0.05) is 40.2 Å². The van der Waals surface area contributed by atoms with Crippen molar-refractivity contribution < 1.29 is 14.3 Å². The molecule has 4 nitrogen and oxygen atoms in total. The second kappa shape index (κ2) is 5.70. The van der Waals surface area contributed by atoms with Gasteiger partial charge in [0.2, 0.25) is 0 Å². The van der Waals surface area contributed by atoms with Crippen LogP contribution in [0.1, 0.15) is 27.5 Å². The number of hydrogen-bond acceptors (Lipinski definition) is 3. The van der Waals surface area contributed by atoms with E-state index in [1.807, 2.05) is 24.3 Å². The fourth-order valence-electron chi connectivity index (χ4n) is 2.85. The number of carbonyl (C=O) groups excluding carboxylic acids is 1. The van der Waals surface area contributed by atoms with Crippen LogP contribution >= 0.6 is 15.9 Å². The molecule has 0 heterocycles. The molecular weight excluding hydrogens is 351 g/mol. The fraction of sp³-hybridized carbons (Fsp3) is 0.188. The summed E-state index contributed by atoms with van der Waals surface area (Å²) >= 11 is 3.20. The summed E-state index contributed by atoms with van der Waals surface area (Å²) in [4.78, 5) is 11.5. The lowest BCUT2D eigenvalue weighted by atomic mass is 10.1. The molecule has 2 aromatic carbocycles. The zero-order chi connectivity index (χ0) is 15.9. The van der Waals surface area contributed by atoms with Crippen LogP contribution in [0, 0.1) is 5.82 Å². The van der Waals surface area contributed by atoms with Gasteiger partial charge in [0.25, 0.3) is 5.91 Å². The third-order valence-electron chi connectivity index (χ3n) is 3.82. The number of fused-ring (bicyclic) bond motifs is 1. The predicted octanol–water partition coefficient (Wildman–Crippen LogP) is 2.76. The van der Waals surface area contributed by atoms with Crippen LogP contribution in [0.2, 0.25) is 0 Å². The monoisotopic (exact) mass is 364 g/mol. The van der Waals surface area contributed by atoms with Gasteiger partial charge in [0.15, 0.2) is 0 Å². The Hall–Kier alpha value is -1.92. The maximum absolute atomic E-state index is 14.0. The summed E-state index contributed by atoms with van der Waals surface area (Å²) in [5.41, 5.74) is 7.29. The highest BCUT2D eigenvalue weighted by Gasteiger charge is 2.31. The fourth-order valence-corrected chi connectivity index (χ4v) is 3.28. The minimum absolute atomic E-state index is 0.209. The van der Waals surface area contributed by atoms with Crippen LogP contribution in [0.4, 0.5) is 10.1 Å². The summed E-state index contributed by atoms with van der Waals surface area (Å²) < 4.78 is 14.5.